The number of amides is 2. The molecule has 150 valence electrons. The molecule has 0 bridgehead atoms. The topological polar surface area (TPSA) is 96.3 Å². The van der Waals surface area contributed by atoms with E-state index in [4.69, 9.17) is 0 Å². The molecule has 10 heteroatoms. The van der Waals surface area contributed by atoms with Crippen molar-refractivity contribution in [1.29, 1.82) is 0 Å². The van der Waals surface area contributed by atoms with Crippen LogP contribution >= 0.6 is 0 Å². The van der Waals surface area contributed by atoms with Crippen LogP contribution in [0.5, 0.6) is 0 Å². The highest BCUT2D eigenvalue weighted by atomic mass is 19.4. The van der Waals surface area contributed by atoms with Gasteiger partial charge in [0.05, 0.1) is 22.5 Å². The van der Waals surface area contributed by atoms with E-state index in [1.807, 2.05) is 0 Å². The number of hydrogen-bond acceptors (Lipinski definition) is 5. The monoisotopic (exact) mass is 404 g/mol. The standard InChI is InChI=1S/C19H15F3N4O3/c1-11-15(10-29-26-11)18(28)25-24-17(27)14-4-2-3-5-16(14)23-13-8-6-12(7-9-13)19(20,21)22/h2-10,23H,1H3,(H,24,27)(H,25,28). The Hall–Kier alpha value is -3.82. The van der Waals surface area contributed by atoms with E-state index in [1.54, 1.807) is 25.1 Å². The van der Waals surface area contributed by atoms with Gasteiger partial charge < -0.3 is 9.84 Å². The first-order chi connectivity index (χ1) is 13.8. The molecule has 0 radical (unpaired) electrons. The van der Waals surface area contributed by atoms with E-state index in [9.17, 15) is 22.8 Å². The summed E-state index contributed by atoms with van der Waals surface area (Å²) >= 11 is 0. The molecule has 0 spiro atoms. The van der Waals surface area contributed by atoms with Crippen LogP contribution in [0.2, 0.25) is 0 Å². The molecule has 2 aromatic carbocycles. The number of hydrogen-bond donors (Lipinski definition) is 3. The molecule has 0 aliphatic heterocycles. The van der Waals surface area contributed by atoms with E-state index in [0.717, 1.165) is 18.4 Å². The summed E-state index contributed by atoms with van der Waals surface area (Å²) in [5, 5.41) is 6.47. The number of rotatable bonds is 4. The first-order valence-corrected chi connectivity index (χ1v) is 8.30. The Morgan fingerprint density at radius 3 is 2.14 bits per heavy atom. The van der Waals surface area contributed by atoms with Crippen LogP contribution in [-0.4, -0.2) is 17.0 Å². The van der Waals surface area contributed by atoms with Crippen molar-refractivity contribution in [2.24, 2.45) is 0 Å². The number of aryl methyl sites for hydroxylation is 1. The second kappa shape index (κ2) is 8.05. The van der Waals surface area contributed by atoms with E-state index < -0.39 is 23.6 Å². The second-order valence-electron chi connectivity index (χ2n) is 5.97. The average Bonchev–Trinajstić information content (AvgIpc) is 3.12. The lowest BCUT2D eigenvalue weighted by atomic mass is 10.1. The van der Waals surface area contributed by atoms with Gasteiger partial charge in [-0.15, -0.1) is 0 Å². The number of carbonyl (C=O) groups excluding carboxylic acids is 2. The number of halogens is 3. The summed E-state index contributed by atoms with van der Waals surface area (Å²) in [6.07, 6.45) is -3.28. The highest BCUT2D eigenvalue weighted by Gasteiger charge is 2.30. The Bertz CT molecular complexity index is 1030. The van der Waals surface area contributed by atoms with Crippen LogP contribution in [0.4, 0.5) is 24.5 Å². The average molecular weight is 404 g/mol. The van der Waals surface area contributed by atoms with E-state index in [0.29, 0.717) is 17.1 Å². The molecule has 0 saturated carbocycles. The minimum absolute atomic E-state index is 0.168. The quantitative estimate of drug-likeness (QED) is 0.575. The molecule has 7 nitrogen and oxygen atoms in total. The minimum Gasteiger partial charge on any atom is -0.364 e. The number of benzene rings is 2. The van der Waals surface area contributed by atoms with Crippen molar-refractivity contribution in [1.82, 2.24) is 16.0 Å². The van der Waals surface area contributed by atoms with Crippen LogP contribution in [0.15, 0.2) is 59.3 Å². The van der Waals surface area contributed by atoms with Gasteiger partial charge in [0.15, 0.2) is 0 Å². The summed E-state index contributed by atoms with van der Waals surface area (Å²) in [5.41, 5.74) is 5.16. The number of para-hydroxylation sites is 1. The van der Waals surface area contributed by atoms with Crippen molar-refractivity contribution in [3.8, 4) is 0 Å². The van der Waals surface area contributed by atoms with Crippen molar-refractivity contribution in [3.63, 3.8) is 0 Å². The Labute approximate surface area is 162 Å². The lowest BCUT2D eigenvalue weighted by Gasteiger charge is -2.13. The first kappa shape index (κ1) is 19.9. The van der Waals surface area contributed by atoms with Gasteiger partial charge in [0.2, 0.25) is 0 Å². The van der Waals surface area contributed by atoms with Crippen molar-refractivity contribution >= 4 is 23.2 Å². The highest BCUT2D eigenvalue weighted by Crippen LogP contribution is 2.30. The predicted octanol–water partition coefficient (Wildman–Crippen LogP) is 3.82. The molecule has 0 atom stereocenters. The summed E-state index contributed by atoms with van der Waals surface area (Å²) in [6.45, 7) is 1.57. The summed E-state index contributed by atoms with van der Waals surface area (Å²) in [5.74, 6) is -1.23. The molecule has 1 aromatic heterocycles. The zero-order chi connectivity index (χ0) is 21.0. The maximum Gasteiger partial charge on any atom is 0.416 e. The molecule has 2 amide bonds. The summed E-state index contributed by atoms with van der Waals surface area (Å²) in [4.78, 5) is 24.5. The van der Waals surface area contributed by atoms with Crippen molar-refractivity contribution in [2.75, 3.05) is 5.32 Å². The third-order valence-corrected chi connectivity index (χ3v) is 3.95. The molecule has 3 aromatic rings. The van der Waals surface area contributed by atoms with E-state index >= 15 is 0 Å². The van der Waals surface area contributed by atoms with Crippen LogP contribution in [0.1, 0.15) is 32.0 Å². The molecule has 3 rings (SSSR count). The third kappa shape index (κ3) is 4.72. The van der Waals surface area contributed by atoms with Gasteiger partial charge in [-0.2, -0.15) is 13.2 Å². The molecule has 0 saturated heterocycles. The number of alkyl halides is 3. The van der Waals surface area contributed by atoms with Crippen molar-refractivity contribution < 1.29 is 27.3 Å². The minimum atomic E-state index is -4.43. The lowest BCUT2D eigenvalue weighted by Crippen LogP contribution is -2.41. The van der Waals surface area contributed by atoms with E-state index in [1.165, 1.54) is 18.2 Å². The third-order valence-electron chi connectivity index (χ3n) is 3.95. The molecule has 0 aliphatic rings. The Morgan fingerprint density at radius 2 is 1.55 bits per heavy atom. The second-order valence-corrected chi connectivity index (χ2v) is 5.97. The smallest absolute Gasteiger partial charge is 0.364 e. The number of nitrogens with zero attached hydrogens (tertiary/aromatic N) is 1. The first-order valence-electron chi connectivity index (χ1n) is 8.30. The Balaban J connectivity index is 1.70. The number of nitrogens with one attached hydrogen (secondary N) is 3. The van der Waals surface area contributed by atoms with Crippen molar-refractivity contribution in [3.05, 3.63) is 77.2 Å². The number of anilines is 2. The zero-order valence-corrected chi connectivity index (χ0v) is 15.0. The summed E-state index contributed by atoms with van der Waals surface area (Å²) in [6, 6.07) is 10.7. The zero-order valence-electron chi connectivity index (χ0n) is 15.0. The van der Waals surface area contributed by atoms with Gasteiger partial charge in [-0.25, -0.2) is 0 Å². The predicted molar refractivity (Wildman–Crippen MR) is 97.3 cm³/mol. The van der Waals surface area contributed by atoms with Crippen LogP contribution in [0.3, 0.4) is 0 Å². The molecular weight excluding hydrogens is 389 g/mol. The Kier molecular flexibility index (Phi) is 5.53. The number of aromatic nitrogens is 1. The van der Waals surface area contributed by atoms with Gasteiger partial charge in [0.25, 0.3) is 11.8 Å². The van der Waals surface area contributed by atoms with E-state index in [-0.39, 0.29) is 11.1 Å². The van der Waals surface area contributed by atoms with Gasteiger partial charge in [0, 0.05) is 5.69 Å². The molecular formula is C19H15F3N4O3. The van der Waals surface area contributed by atoms with Crippen molar-refractivity contribution in [2.45, 2.75) is 13.1 Å². The van der Waals surface area contributed by atoms with Gasteiger partial charge >= 0.3 is 6.18 Å². The van der Waals surface area contributed by atoms with Crippen LogP contribution in [-0.2, 0) is 6.18 Å². The maximum atomic E-state index is 12.7. The van der Waals surface area contributed by atoms with E-state index in [2.05, 4.69) is 25.8 Å². The van der Waals surface area contributed by atoms with Gasteiger partial charge in [-0.3, -0.25) is 20.4 Å². The molecule has 0 fully saturated rings. The van der Waals surface area contributed by atoms with Gasteiger partial charge in [-0.05, 0) is 43.3 Å². The molecule has 3 N–H and O–H groups in total. The molecule has 0 aliphatic carbocycles. The maximum absolute atomic E-state index is 12.7. The fourth-order valence-corrected chi connectivity index (χ4v) is 2.45. The number of hydrazine groups is 1. The normalized spacial score (nSPS) is 11.0. The number of carbonyl (C=O) groups is 2. The molecule has 29 heavy (non-hydrogen) atoms. The fourth-order valence-electron chi connectivity index (χ4n) is 2.45. The van der Waals surface area contributed by atoms with Gasteiger partial charge in [-0.1, -0.05) is 17.3 Å². The molecule has 0 unspecified atom stereocenters. The largest absolute Gasteiger partial charge is 0.416 e. The molecule has 1 heterocycles. The fraction of sp³-hybridized carbons (Fsp3) is 0.105. The summed E-state index contributed by atoms with van der Waals surface area (Å²) < 4.78 is 42.7. The van der Waals surface area contributed by atoms with Crippen LogP contribution in [0.25, 0.3) is 0 Å². The highest BCUT2D eigenvalue weighted by molar-refractivity contribution is 6.02. The van der Waals surface area contributed by atoms with Crippen LogP contribution in [0, 0.1) is 6.92 Å². The summed E-state index contributed by atoms with van der Waals surface area (Å²) in [7, 11) is 0. The van der Waals surface area contributed by atoms with Crippen LogP contribution < -0.4 is 16.2 Å². The van der Waals surface area contributed by atoms with Gasteiger partial charge in [0.1, 0.15) is 11.8 Å². The lowest BCUT2D eigenvalue weighted by molar-refractivity contribution is -0.137. The Morgan fingerprint density at radius 1 is 0.931 bits per heavy atom. The SMILES string of the molecule is Cc1nocc1C(=O)NNC(=O)c1ccccc1Nc1ccc(C(F)(F)F)cc1.